The third-order valence-corrected chi connectivity index (χ3v) is 4.11. The van der Waals surface area contributed by atoms with Crippen molar-refractivity contribution in [1.82, 2.24) is 9.13 Å². The van der Waals surface area contributed by atoms with Gasteiger partial charge in [0, 0.05) is 6.54 Å². The Labute approximate surface area is 146 Å². The highest BCUT2D eigenvalue weighted by atomic mass is 16.5. The van der Waals surface area contributed by atoms with E-state index in [1.807, 2.05) is 64.6 Å². The summed E-state index contributed by atoms with van der Waals surface area (Å²) in [5, 5.41) is 18.8. The summed E-state index contributed by atoms with van der Waals surface area (Å²) in [6.07, 6.45) is 1.06. The first-order valence-corrected chi connectivity index (χ1v) is 8.31. The molecule has 1 heterocycles. The predicted molar refractivity (Wildman–Crippen MR) is 98.7 cm³/mol. The van der Waals surface area contributed by atoms with Gasteiger partial charge >= 0.3 is 0 Å². The van der Waals surface area contributed by atoms with Crippen LogP contribution in [0.5, 0.6) is 5.75 Å². The number of aromatic nitrogens is 2. The zero-order valence-corrected chi connectivity index (χ0v) is 14.4. The molecule has 5 heteroatoms. The number of aliphatic hydroxyl groups is 1. The minimum atomic E-state index is -0.711. The molecule has 0 unspecified atom stereocenters. The molecule has 0 saturated heterocycles. The number of aryl methyl sites for hydroxylation is 1. The lowest BCUT2D eigenvalue weighted by Crippen LogP contribution is -2.31. The van der Waals surface area contributed by atoms with Crippen molar-refractivity contribution in [2.75, 3.05) is 6.61 Å². The third kappa shape index (κ3) is 3.67. The van der Waals surface area contributed by atoms with Crippen molar-refractivity contribution in [3.8, 4) is 5.75 Å². The van der Waals surface area contributed by atoms with E-state index in [0.29, 0.717) is 18.7 Å². The van der Waals surface area contributed by atoms with Gasteiger partial charge in [-0.25, -0.2) is 0 Å². The number of imidazole rings is 1. The molecule has 0 amide bonds. The number of aliphatic hydroxyl groups excluding tert-OH is 1. The number of ether oxygens (including phenoxy) is 1. The summed E-state index contributed by atoms with van der Waals surface area (Å²) >= 11 is 0. The molecule has 25 heavy (non-hydrogen) atoms. The molecule has 0 radical (unpaired) electrons. The highest BCUT2D eigenvalue weighted by molar-refractivity contribution is 5.75. The summed E-state index contributed by atoms with van der Waals surface area (Å²) in [4.78, 5) is 0. The number of para-hydroxylation sites is 2. The summed E-state index contributed by atoms with van der Waals surface area (Å²) in [5.74, 6) is 0.740. The minimum absolute atomic E-state index is 0.177. The molecule has 2 aromatic carbocycles. The fraction of sp³-hybridized carbons (Fsp3) is 0.250. The summed E-state index contributed by atoms with van der Waals surface area (Å²) in [6, 6.07) is 15.6. The van der Waals surface area contributed by atoms with Gasteiger partial charge < -0.3 is 19.0 Å². The average Bonchev–Trinajstić information content (AvgIpc) is 2.86. The smallest absolute Gasteiger partial charge is 0.203 e. The summed E-state index contributed by atoms with van der Waals surface area (Å²) in [6.45, 7) is 6.80. The zero-order chi connectivity index (χ0) is 17.8. The van der Waals surface area contributed by atoms with Crippen LogP contribution >= 0.6 is 0 Å². The molecule has 0 fully saturated rings. The fourth-order valence-corrected chi connectivity index (χ4v) is 2.95. The van der Waals surface area contributed by atoms with Crippen molar-refractivity contribution >= 4 is 11.0 Å². The number of hydrogen-bond acceptors (Lipinski definition) is 3. The van der Waals surface area contributed by atoms with E-state index in [1.165, 1.54) is 0 Å². The Hall–Kier alpha value is -2.79. The number of fused-ring (bicyclic) bond motifs is 1. The van der Waals surface area contributed by atoms with Crippen LogP contribution in [0.15, 0.2) is 61.2 Å². The zero-order valence-electron chi connectivity index (χ0n) is 14.4. The maximum absolute atomic E-state index is 10.4. The molecule has 0 bridgehead atoms. The van der Waals surface area contributed by atoms with Crippen LogP contribution in [0.3, 0.4) is 0 Å². The molecule has 3 aromatic rings. The van der Waals surface area contributed by atoms with E-state index in [1.54, 1.807) is 6.08 Å². The second kappa shape index (κ2) is 7.40. The van der Waals surface area contributed by atoms with E-state index >= 15 is 0 Å². The first-order valence-electron chi connectivity index (χ1n) is 8.31. The number of rotatable bonds is 7. The molecular formula is C20H23N3O2. The molecule has 130 valence electrons. The lowest BCUT2D eigenvalue weighted by molar-refractivity contribution is 0.0921. The topological polar surface area (TPSA) is 63.2 Å². The maximum Gasteiger partial charge on any atom is 0.203 e. The molecule has 0 saturated carbocycles. The molecule has 3 rings (SSSR count). The second-order valence-electron chi connectivity index (χ2n) is 6.10. The van der Waals surface area contributed by atoms with Crippen molar-refractivity contribution in [1.29, 1.82) is 5.41 Å². The molecule has 2 N–H and O–H groups in total. The first-order chi connectivity index (χ1) is 12.1. The van der Waals surface area contributed by atoms with E-state index in [0.717, 1.165) is 22.3 Å². The number of hydrogen-bond donors (Lipinski definition) is 2. The van der Waals surface area contributed by atoms with Crippen molar-refractivity contribution in [2.45, 2.75) is 26.1 Å². The van der Waals surface area contributed by atoms with Crippen molar-refractivity contribution < 1.29 is 9.84 Å². The van der Waals surface area contributed by atoms with Crippen LogP contribution in [0.1, 0.15) is 5.56 Å². The number of benzene rings is 2. The molecule has 0 aliphatic heterocycles. The normalized spacial score (nSPS) is 12.2. The molecule has 0 aliphatic carbocycles. The Bertz CT molecular complexity index is 940. The summed E-state index contributed by atoms with van der Waals surface area (Å²) < 4.78 is 9.36. The second-order valence-corrected chi connectivity index (χ2v) is 6.10. The lowest BCUT2D eigenvalue weighted by Gasteiger charge is -2.14. The quantitative estimate of drug-likeness (QED) is 0.651. The van der Waals surface area contributed by atoms with Crippen LogP contribution in [0.2, 0.25) is 0 Å². The van der Waals surface area contributed by atoms with Gasteiger partial charge in [0.05, 0.1) is 17.6 Å². The van der Waals surface area contributed by atoms with Crippen LogP contribution in [-0.4, -0.2) is 27.0 Å². The molecule has 0 aliphatic rings. The van der Waals surface area contributed by atoms with E-state index in [2.05, 4.69) is 6.58 Å². The van der Waals surface area contributed by atoms with Crippen molar-refractivity contribution in [3.05, 3.63) is 72.4 Å². The van der Waals surface area contributed by atoms with Crippen LogP contribution in [0.25, 0.3) is 11.0 Å². The summed E-state index contributed by atoms with van der Waals surface area (Å²) in [5.41, 5.74) is 3.33. The van der Waals surface area contributed by atoms with Gasteiger partial charge in [-0.3, -0.25) is 5.41 Å². The van der Waals surface area contributed by atoms with Gasteiger partial charge in [0.15, 0.2) is 0 Å². The van der Waals surface area contributed by atoms with Gasteiger partial charge in [0.25, 0.3) is 0 Å². The predicted octanol–water partition coefficient (Wildman–Crippen LogP) is 2.86. The number of allylic oxidation sites excluding steroid dienone is 1. The lowest BCUT2D eigenvalue weighted by atomic mass is 10.2. The molecule has 0 spiro atoms. The van der Waals surface area contributed by atoms with Gasteiger partial charge in [0.1, 0.15) is 18.5 Å². The van der Waals surface area contributed by atoms with Gasteiger partial charge in [-0.2, -0.15) is 0 Å². The standard InChI is InChI=1S/C20H23N3O2/c1-3-11-22-18-9-4-5-10-19(18)23(20(22)21)13-16(24)14-25-17-8-6-7-15(2)12-17/h3-10,12,16,21,24H,1,11,13-14H2,2H3/t16-/m1/s1. The summed E-state index contributed by atoms with van der Waals surface area (Å²) in [7, 11) is 0. The molecular weight excluding hydrogens is 314 g/mol. The van der Waals surface area contributed by atoms with Crippen LogP contribution in [0.4, 0.5) is 0 Å². The number of nitrogens with zero attached hydrogens (tertiary/aromatic N) is 2. The van der Waals surface area contributed by atoms with Crippen molar-refractivity contribution in [2.24, 2.45) is 0 Å². The van der Waals surface area contributed by atoms with Crippen LogP contribution in [-0.2, 0) is 13.1 Å². The first kappa shape index (κ1) is 17.0. The maximum atomic E-state index is 10.4. The van der Waals surface area contributed by atoms with Crippen LogP contribution < -0.4 is 10.4 Å². The van der Waals surface area contributed by atoms with Crippen molar-refractivity contribution in [3.63, 3.8) is 0 Å². The number of nitrogens with one attached hydrogen (secondary N) is 1. The van der Waals surface area contributed by atoms with Gasteiger partial charge in [-0.05, 0) is 36.8 Å². The Morgan fingerprint density at radius 2 is 1.88 bits per heavy atom. The average molecular weight is 337 g/mol. The third-order valence-electron chi connectivity index (χ3n) is 4.11. The van der Waals surface area contributed by atoms with Gasteiger partial charge in [-0.15, -0.1) is 6.58 Å². The fourth-order valence-electron chi connectivity index (χ4n) is 2.95. The van der Waals surface area contributed by atoms with Gasteiger partial charge in [-0.1, -0.05) is 30.3 Å². The van der Waals surface area contributed by atoms with E-state index in [-0.39, 0.29) is 6.61 Å². The van der Waals surface area contributed by atoms with Gasteiger partial charge in [0.2, 0.25) is 5.62 Å². The van der Waals surface area contributed by atoms with E-state index < -0.39 is 6.10 Å². The molecule has 5 nitrogen and oxygen atoms in total. The largest absolute Gasteiger partial charge is 0.491 e. The Morgan fingerprint density at radius 1 is 1.16 bits per heavy atom. The highest BCUT2D eigenvalue weighted by Gasteiger charge is 2.14. The Kier molecular flexibility index (Phi) is 5.05. The minimum Gasteiger partial charge on any atom is -0.491 e. The molecule has 1 atom stereocenters. The Morgan fingerprint density at radius 3 is 2.56 bits per heavy atom. The Balaban J connectivity index is 1.79. The highest BCUT2D eigenvalue weighted by Crippen LogP contribution is 2.15. The van der Waals surface area contributed by atoms with E-state index in [9.17, 15) is 5.11 Å². The van der Waals surface area contributed by atoms with Crippen LogP contribution in [0, 0.1) is 12.3 Å². The SMILES string of the molecule is C=CCn1c(=N)n(C[C@@H](O)COc2cccc(C)c2)c2ccccc21. The van der Waals surface area contributed by atoms with E-state index in [4.69, 9.17) is 10.1 Å². The monoisotopic (exact) mass is 337 g/mol. The molecule has 1 aromatic heterocycles.